The highest BCUT2D eigenvalue weighted by Gasteiger charge is 2.41. The van der Waals surface area contributed by atoms with Crippen molar-refractivity contribution in [2.75, 3.05) is 28.7 Å². The van der Waals surface area contributed by atoms with Crippen molar-refractivity contribution in [1.29, 1.82) is 0 Å². The Kier molecular flexibility index (Phi) is 5.95. The van der Waals surface area contributed by atoms with E-state index in [2.05, 4.69) is 10.3 Å². The van der Waals surface area contributed by atoms with Gasteiger partial charge in [-0.3, -0.25) is 13.4 Å². The summed E-state index contributed by atoms with van der Waals surface area (Å²) in [5.74, 6) is 0.550. The number of fused-ring (bicyclic) bond motifs is 1. The van der Waals surface area contributed by atoms with Gasteiger partial charge in [0.15, 0.2) is 5.82 Å². The first-order valence-corrected chi connectivity index (χ1v) is 9.05. The van der Waals surface area contributed by atoms with Gasteiger partial charge in [0.1, 0.15) is 0 Å². The Labute approximate surface area is 150 Å². The van der Waals surface area contributed by atoms with Crippen LogP contribution in [0.2, 0.25) is 0 Å². The standard InChI is InChI=1S/C16H22N4O2S.ClH/c1-13-7-5-10-16(18-13)20-15-9-4-3-8-14(15)19(23(20,21)22)12-6-11-17-2;/h3-5,7-10,17,21-22H,6,11-12H2,1-2H3;1H. The minimum absolute atomic E-state index is 0. The number of anilines is 3. The van der Waals surface area contributed by atoms with Gasteiger partial charge in [-0.1, -0.05) is 18.2 Å². The van der Waals surface area contributed by atoms with Crippen LogP contribution in [0.25, 0.3) is 0 Å². The van der Waals surface area contributed by atoms with Crippen molar-refractivity contribution >= 4 is 40.6 Å². The average Bonchev–Trinajstić information content (AvgIpc) is 2.74. The molecule has 1 aromatic heterocycles. The maximum Gasteiger partial charge on any atom is 0.153 e. The van der Waals surface area contributed by atoms with E-state index in [0.717, 1.165) is 30.0 Å². The highest BCUT2D eigenvalue weighted by Crippen LogP contribution is 2.63. The van der Waals surface area contributed by atoms with E-state index in [1.165, 1.54) is 0 Å². The fourth-order valence-electron chi connectivity index (χ4n) is 2.74. The molecule has 24 heavy (non-hydrogen) atoms. The third-order valence-corrected chi connectivity index (χ3v) is 5.62. The summed E-state index contributed by atoms with van der Waals surface area (Å²) in [4.78, 5) is 4.47. The molecular formula is C16H23ClN4O2S. The number of aryl methyl sites for hydroxylation is 1. The van der Waals surface area contributed by atoms with Crippen molar-refractivity contribution in [3.63, 3.8) is 0 Å². The lowest BCUT2D eigenvalue weighted by atomic mass is 10.2. The summed E-state index contributed by atoms with van der Waals surface area (Å²) in [6, 6.07) is 13.2. The molecule has 0 radical (unpaired) electrons. The summed E-state index contributed by atoms with van der Waals surface area (Å²) in [6.45, 7) is 3.27. The third-order valence-electron chi connectivity index (χ3n) is 3.78. The number of nitrogens with one attached hydrogen (secondary N) is 1. The molecule has 0 aliphatic carbocycles. The van der Waals surface area contributed by atoms with Gasteiger partial charge < -0.3 is 5.32 Å². The van der Waals surface area contributed by atoms with E-state index < -0.39 is 11.0 Å². The molecule has 0 spiro atoms. The van der Waals surface area contributed by atoms with Crippen molar-refractivity contribution in [1.82, 2.24) is 10.3 Å². The second-order valence-corrected chi connectivity index (χ2v) is 7.26. The maximum absolute atomic E-state index is 10.9. The predicted molar refractivity (Wildman–Crippen MR) is 104 cm³/mol. The number of pyridine rings is 1. The maximum atomic E-state index is 10.9. The van der Waals surface area contributed by atoms with Crippen molar-refractivity contribution in [3.8, 4) is 0 Å². The lowest BCUT2D eigenvalue weighted by molar-refractivity contribution is 0.483. The molecule has 1 aliphatic rings. The van der Waals surface area contributed by atoms with Gasteiger partial charge in [-0.05, 0) is 62.2 Å². The van der Waals surface area contributed by atoms with E-state index in [1.54, 1.807) is 14.7 Å². The van der Waals surface area contributed by atoms with Crippen LogP contribution in [0.3, 0.4) is 0 Å². The van der Waals surface area contributed by atoms with Crippen LogP contribution >= 0.6 is 23.4 Å². The minimum atomic E-state index is -3.16. The molecule has 0 amide bonds. The lowest BCUT2D eigenvalue weighted by Crippen LogP contribution is -2.33. The zero-order valence-corrected chi connectivity index (χ0v) is 15.3. The molecule has 6 nitrogen and oxygen atoms in total. The number of rotatable bonds is 5. The summed E-state index contributed by atoms with van der Waals surface area (Å²) in [6.07, 6.45) is 0.815. The fourth-order valence-corrected chi connectivity index (χ4v) is 4.50. The SMILES string of the molecule is CNCCCN1c2ccccc2N(c2cccc(C)n2)S1(O)O.Cl. The van der Waals surface area contributed by atoms with Crippen LogP contribution in [0.15, 0.2) is 42.5 Å². The monoisotopic (exact) mass is 370 g/mol. The topological polar surface area (TPSA) is 71.9 Å². The molecule has 0 bridgehead atoms. The molecule has 132 valence electrons. The van der Waals surface area contributed by atoms with Crippen LogP contribution in [0, 0.1) is 6.92 Å². The third kappa shape index (κ3) is 3.31. The van der Waals surface area contributed by atoms with Crippen LogP contribution in [-0.2, 0) is 0 Å². The Hall–Kier alpha value is -1.51. The first kappa shape index (κ1) is 18.8. The molecule has 0 saturated carbocycles. The zero-order valence-electron chi connectivity index (χ0n) is 13.7. The van der Waals surface area contributed by atoms with Crippen LogP contribution in [0.5, 0.6) is 0 Å². The van der Waals surface area contributed by atoms with Gasteiger partial charge in [0.2, 0.25) is 0 Å². The molecule has 0 saturated heterocycles. The van der Waals surface area contributed by atoms with Gasteiger partial charge in [-0.15, -0.1) is 12.4 Å². The summed E-state index contributed by atoms with van der Waals surface area (Å²) < 4.78 is 25.1. The van der Waals surface area contributed by atoms with E-state index in [1.807, 2.05) is 50.4 Å². The number of hydrogen-bond acceptors (Lipinski definition) is 6. The number of nitrogens with zero attached hydrogens (tertiary/aromatic N) is 3. The quantitative estimate of drug-likeness (QED) is 0.692. The number of aromatic nitrogens is 1. The molecule has 0 atom stereocenters. The molecule has 0 unspecified atom stereocenters. The molecule has 2 aromatic rings. The Bertz CT molecular complexity index is 701. The van der Waals surface area contributed by atoms with Gasteiger partial charge in [0.05, 0.1) is 11.4 Å². The van der Waals surface area contributed by atoms with Crippen molar-refractivity contribution in [2.45, 2.75) is 13.3 Å². The van der Waals surface area contributed by atoms with Crippen LogP contribution in [0.4, 0.5) is 17.2 Å². The normalized spacial score (nSPS) is 16.5. The minimum Gasteiger partial charge on any atom is -0.320 e. The zero-order chi connectivity index (χ0) is 16.4. The van der Waals surface area contributed by atoms with E-state index in [4.69, 9.17) is 0 Å². The average molecular weight is 371 g/mol. The van der Waals surface area contributed by atoms with Crippen LogP contribution in [0.1, 0.15) is 12.1 Å². The Morgan fingerprint density at radius 1 is 1.08 bits per heavy atom. The van der Waals surface area contributed by atoms with E-state index in [0.29, 0.717) is 12.4 Å². The van der Waals surface area contributed by atoms with Crippen molar-refractivity contribution in [2.24, 2.45) is 0 Å². The highest BCUT2D eigenvalue weighted by atomic mass is 35.5. The fraction of sp³-hybridized carbons (Fsp3) is 0.312. The molecule has 3 N–H and O–H groups in total. The number of benzene rings is 1. The van der Waals surface area contributed by atoms with Crippen molar-refractivity contribution in [3.05, 3.63) is 48.2 Å². The molecule has 0 fully saturated rings. The van der Waals surface area contributed by atoms with Gasteiger partial charge >= 0.3 is 0 Å². The smallest absolute Gasteiger partial charge is 0.153 e. The van der Waals surface area contributed by atoms with Gasteiger partial charge in [0.25, 0.3) is 0 Å². The van der Waals surface area contributed by atoms with Gasteiger partial charge in [0, 0.05) is 12.2 Å². The highest BCUT2D eigenvalue weighted by molar-refractivity contribution is 8.27. The Balaban J connectivity index is 0.00000208. The largest absolute Gasteiger partial charge is 0.320 e. The summed E-state index contributed by atoms with van der Waals surface area (Å²) in [5, 5.41) is 3.09. The molecular weight excluding hydrogens is 348 g/mol. The molecule has 1 aliphatic heterocycles. The Morgan fingerprint density at radius 2 is 1.79 bits per heavy atom. The van der Waals surface area contributed by atoms with E-state index >= 15 is 0 Å². The number of hydrogen-bond donors (Lipinski definition) is 3. The second kappa shape index (κ2) is 7.58. The molecule has 1 aromatic carbocycles. The van der Waals surface area contributed by atoms with Crippen molar-refractivity contribution < 1.29 is 9.11 Å². The number of para-hydroxylation sites is 2. The second-order valence-electron chi connectivity index (χ2n) is 5.47. The first-order chi connectivity index (χ1) is 11.1. The summed E-state index contributed by atoms with van der Waals surface area (Å²) in [5.41, 5.74) is 2.44. The summed E-state index contributed by atoms with van der Waals surface area (Å²) >= 11 is 0. The molecule has 8 heteroatoms. The molecule has 2 heterocycles. The predicted octanol–water partition coefficient (Wildman–Crippen LogP) is 3.96. The first-order valence-electron chi connectivity index (χ1n) is 7.59. The van der Waals surface area contributed by atoms with Gasteiger partial charge in [-0.25, -0.2) is 9.29 Å². The van der Waals surface area contributed by atoms with Gasteiger partial charge in [-0.2, -0.15) is 0 Å². The van der Waals surface area contributed by atoms with E-state index in [9.17, 15) is 9.11 Å². The van der Waals surface area contributed by atoms with Crippen LogP contribution in [-0.4, -0.2) is 34.2 Å². The van der Waals surface area contributed by atoms with Crippen LogP contribution < -0.4 is 13.9 Å². The number of halogens is 1. The lowest BCUT2D eigenvalue weighted by Gasteiger charge is -2.43. The van der Waals surface area contributed by atoms with E-state index in [-0.39, 0.29) is 12.4 Å². The molecule has 3 rings (SSSR count). The summed E-state index contributed by atoms with van der Waals surface area (Å²) in [7, 11) is -1.27. The Morgan fingerprint density at radius 3 is 2.46 bits per heavy atom.